The number of carbonyl (C=O) groups is 1. The topological polar surface area (TPSA) is 51.7 Å². The van der Waals surface area contributed by atoms with Crippen LogP contribution in [0.2, 0.25) is 0 Å². The summed E-state index contributed by atoms with van der Waals surface area (Å²) in [5, 5.41) is 3.62. The van der Waals surface area contributed by atoms with E-state index < -0.39 is 0 Å². The molecule has 1 amide bonds. The molecule has 0 radical (unpaired) electrons. The summed E-state index contributed by atoms with van der Waals surface area (Å²) in [6.45, 7) is 5.71. The van der Waals surface area contributed by atoms with Gasteiger partial charge in [-0.25, -0.2) is 0 Å². The largest absolute Gasteiger partial charge is 0.343 e. The average molecular weight is 502 g/mol. The lowest BCUT2D eigenvalue weighted by Gasteiger charge is -2.40. The van der Waals surface area contributed by atoms with E-state index >= 15 is 0 Å². The first-order valence-electron chi connectivity index (χ1n) is 12.8. The Morgan fingerprint density at radius 2 is 1.67 bits per heavy atom. The Morgan fingerprint density at radius 3 is 2.28 bits per heavy atom. The maximum absolute atomic E-state index is 13.1. The van der Waals surface area contributed by atoms with Gasteiger partial charge in [-0.05, 0) is 22.8 Å². The number of thioether (sulfide) groups is 1. The van der Waals surface area contributed by atoms with Crippen LogP contribution in [0.1, 0.15) is 28.1 Å². The van der Waals surface area contributed by atoms with E-state index in [9.17, 15) is 4.79 Å². The second kappa shape index (κ2) is 12.0. The fraction of sp³-hybridized carbons (Fsp3) is 0.379. The smallest absolute Gasteiger partial charge is 0.240 e. The van der Waals surface area contributed by atoms with Crippen LogP contribution >= 0.6 is 11.8 Å². The molecule has 1 aromatic heterocycles. The van der Waals surface area contributed by atoms with Gasteiger partial charge in [0, 0.05) is 64.5 Å². The Labute approximate surface area is 218 Å². The lowest BCUT2D eigenvalue weighted by molar-refractivity contribution is -0.131. The summed E-state index contributed by atoms with van der Waals surface area (Å²) >= 11 is 1.78. The van der Waals surface area contributed by atoms with Gasteiger partial charge >= 0.3 is 0 Å². The van der Waals surface area contributed by atoms with Gasteiger partial charge in [0.1, 0.15) is 0 Å². The number of aromatic nitrogens is 1. The molecule has 1 N–H and O–H groups in total. The quantitative estimate of drug-likeness (QED) is 0.509. The highest BCUT2D eigenvalue weighted by Gasteiger charge is 2.32. The van der Waals surface area contributed by atoms with Crippen LogP contribution in [0.25, 0.3) is 0 Å². The number of piperazine rings is 1. The fourth-order valence-corrected chi connectivity index (χ4v) is 6.35. The van der Waals surface area contributed by atoms with Gasteiger partial charge in [0.2, 0.25) is 5.91 Å². The first kappa shape index (κ1) is 25.0. The first-order valence-corrected chi connectivity index (χ1v) is 13.8. The number of nitrogens with one attached hydrogen (secondary N) is 1. The van der Waals surface area contributed by atoms with Crippen LogP contribution in [0.15, 0.2) is 85.2 Å². The lowest BCUT2D eigenvalue weighted by atomic mass is 9.96. The van der Waals surface area contributed by atoms with Gasteiger partial charge in [-0.15, -0.1) is 11.8 Å². The molecule has 3 heterocycles. The highest BCUT2D eigenvalue weighted by atomic mass is 32.2. The number of hydrogen-bond acceptors (Lipinski definition) is 6. The molecule has 6 nitrogen and oxygen atoms in total. The summed E-state index contributed by atoms with van der Waals surface area (Å²) in [6.07, 6.45) is 3.66. The zero-order valence-electron chi connectivity index (χ0n) is 20.9. The van der Waals surface area contributed by atoms with Crippen LogP contribution in [0.4, 0.5) is 0 Å². The van der Waals surface area contributed by atoms with Crippen LogP contribution in [0, 0.1) is 0 Å². The molecule has 3 aromatic rings. The van der Waals surface area contributed by atoms with Crippen molar-refractivity contribution in [3.63, 3.8) is 0 Å². The summed E-state index contributed by atoms with van der Waals surface area (Å²) in [6, 6.07) is 25.8. The van der Waals surface area contributed by atoms with E-state index in [2.05, 4.69) is 86.8 Å². The molecule has 2 atom stereocenters. The molecule has 2 fully saturated rings. The second-order valence-electron chi connectivity index (χ2n) is 9.58. The minimum atomic E-state index is -0.139. The summed E-state index contributed by atoms with van der Waals surface area (Å²) in [5.74, 6) is 0.975. The molecule has 0 spiro atoms. The number of nitrogens with zero attached hydrogens (tertiary/aromatic N) is 4. The standard InChI is InChI=1S/C29H35N5OS/c1-32(29(35)26-22-36-28(31-26)25-13-8-14-30-21-25)15-16-33-17-19-34(20-18-33)27(23-9-4-2-5-10-23)24-11-6-3-7-12-24/h2-14,21,26-28,31H,15-20,22H2,1H3. The third kappa shape index (κ3) is 5.98. The number of amides is 1. The van der Waals surface area contributed by atoms with E-state index in [4.69, 9.17) is 0 Å². The first-order chi connectivity index (χ1) is 17.7. The van der Waals surface area contributed by atoms with Crippen LogP contribution in [-0.2, 0) is 4.79 Å². The maximum Gasteiger partial charge on any atom is 0.240 e. The maximum atomic E-state index is 13.1. The minimum Gasteiger partial charge on any atom is -0.343 e. The zero-order chi connectivity index (χ0) is 24.7. The summed E-state index contributed by atoms with van der Waals surface area (Å²) in [7, 11) is 1.93. The highest BCUT2D eigenvalue weighted by Crippen LogP contribution is 2.33. The third-order valence-electron chi connectivity index (χ3n) is 7.20. The zero-order valence-corrected chi connectivity index (χ0v) is 21.7. The van der Waals surface area contributed by atoms with E-state index in [1.165, 1.54) is 11.1 Å². The van der Waals surface area contributed by atoms with Gasteiger partial charge < -0.3 is 4.90 Å². The van der Waals surface area contributed by atoms with Crippen LogP contribution in [0.5, 0.6) is 0 Å². The van der Waals surface area contributed by atoms with E-state index in [-0.39, 0.29) is 23.4 Å². The van der Waals surface area contributed by atoms with Gasteiger partial charge in [0.05, 0.1) is 17.5 Å². The SMILES string of the molecule is CN(CCN1CCN(C(c2ccccc2)c2ccccc2)CC1)C(=O)C1CSC(c2cccnc2)N1. The predicted octanol–water partition coefficient (Wildman–Crippen LogP) is 3.65. The highest BCUT2D eigenvalue weighted by molar-refractivity contribution is 7.99. The van der Waals surface area contributed by atoms with Crippen LogP contribution in [-0.4, -0.2) is 83.7 Å². The lowest BCUT2D eigenvalue weighted by Crippen LogP contribution is -2.51. The van der Waals surface area contributed by atoms with Crippen molar-refractivity contribution in [1.82, 2.24) is 25.0 Å². The van der Waals surface area contributed by atoms with Crippen molar-refractivity contribution in [1.29, 1.82) is 0 Å². The molecule has 2 unspecified atom stereocenters. The Hall–Kier alpha value is -2.71. The normalized spacial score (nSPS) is 21.1. The fourth-order valence-electron chi connectivity index (χ4n) is 5.14. The number of rotatable bonds is 8. The molecule has 7 heteroatoms. The Kier molecular flexibility index (Phi) is 8.33. The van der Waals surface area contributed by atoms with Crippen molar-refractivity contribution in [3.8, 4) is 0 Å². The Balaban J connectivity index is 1.11. The number of benzene rings is 2. The number of hydrogen-bond donors (Lipinski definition) is 1. The third-order valence-corrected chi connectivity index (χ3v) is 8.47. The molecular weight excluding hydrogens is 466 g/mol. The average Bonchev–Trinajstić information content (AvgIpc) is 3.44. The van der Waals surface area contributed by atoms with E-state index in [1.807, 2.05) is 24.2 Å². The molecule has 2 aromatic carbocycles. The van der Waals surface area contributed by atoms with Gasteiger partial charge in [-0.2, -0.15) is 0 Å². The minimum absolute atomic E-state index is 0.135. The van der Waals surface area contributed by atoms with Crippen molar-refractivity contribution in [2.45, 2.75) is 17.5 Å². The van der Waals surface area contributed by atoms with Crippen molar-refractivity contribution in [3.05, 3.63) is 102 Å². The Morgan fingerprint density at radius 1 is 1.00 bits per heavy atom. The van der Waals surface area contributed by atoms with Gasteiger partial charge in [-0.3, -0.25) is 24.9 Å². The number of carbonyl (C=O) groups excluding carboxylic acids is 1. The van der Waals surface area contributed by atoms with E-state index in [0.29, 0.717) is 0 Å². The van der Waals surface area contributed by atoms with Crippen molar-refractivity contribution < 1.29 is 4.79 Å². The van der Waals surface area contributed by atoms with E-state index in [0.717, 1.165) is 50.6 Å². The summed E-state index contributed by atoms with van der Waals surface area (Å²) < 4.78 is 0. The molecule has 36 heavy (non-hydrogen) atoms. The Bertz CT molecular complexity index is 1050. The molecule has 0 bridgehead atoms. The molecule has 188 valence electrons. The van der Waals surface area contributed by atoms with Gasteiger partial charge in [0.15, 0.2) is 0 Å². The van der Waals surface area contributed by atoms with Crippen molar-refractivity contribution in [2.24, 2.45) is 0 Å². The number of likely N-dealkylation sites (N-methyl/N-ethyl adjacent to an activating group) is 1. The second-order valence-corrected chi connectivity index (χ2v) is 10.7. The molecule has 0 aliphatic carbocycles. The van der Waals surface area contributed by atoms with Crippen LogP contribution in [0.3, 0.4) is 0 Å². The molecule has 2 saturated heterocycles. The predicted molar refractivity (Wildman–Crippen MR) is 147 cm³/mol. The molecule has 5 rings (SSSR count). The van der Waals surface area contributed by atoms with Gasteiger partial charge in [0.25, 0.3) is 0 Å². The molecule has 2 aliphatic rings. The number of pyridine rings is 1. The monoisotopic (exact) mass is 501 g/mol. The van der Waals surface area contributed by atoms with Crippen LogP contribution < -0.4 is 5.32 Å². The van der Waals surface area contributed by atoms with Crippen molar-refractivity contribution in [2.75, 3.05) is 52.1 Å². The van der Waals surface area contributed by atoms with Crippen molar-refractivity contribution >= 4 is 17.7 Å². The summed E-state index contributed by atoms with van der Waals surface area (Å²) in [5.41, 5.74) is 3.81. The summed E-state index contributed by atoms with van der Waals surface area (Å²) in [4.78, 5) is 24.2. The molecule has 2 aliphatic heterocycles. The molecule has 0 saturated carbocycles. The van der Waals surface area contributed by atoms with Gasteiger partial charge in [-0.1, -0.05) is 66.7 Å². The van der Waals surface area contributed by atoms with E-state index in [1.54, 1.807) is 18.0 Å². The molecular formula is C29H35N5OS.